The number of hydrogen-bond donors (Lipinski definition) is 3. The average molecular weight is 505 g/mol. The summed E-state index contributed by atoms with van der Waals surface area (Å²) in [4.78, 5) is 10.6. The first-order valence-corrected chi connectivity index (χ1v) is 13.6. The Balaban J connectivity index is 1.87. The maximum atomic E-state index is 14.3. The summed E-state index contributed by atoms with van der Waals surface area (Å²) in [6.45, 7) is 0.610. The van der Waals surface area contributed by atoms with Crippen LogP contribution in [-0.2, 0) is 14.3 Å². The van der Waals surface area contributed by atoms with E-state index in [4.69, 9.17) is 19.7 Å². The second kappa shape index (κ2) is 16.6. The third-order valence-electron chi connectivity index (χ3n) is 7.33. The van der Waals surface area contributed by atoms with Crippen molar-refractivity contribution in [2.24, 2.45) is 11.8 Å². The molecule has 6 nitrogen and oxygen atoms in total. The van der Waals surface area contributed by atoms with Gasteiger partial charge in [0.05, 0.1) is 12.2 Å². The Labute approximate surface area is 209 Å². The molecule has 1 aliphatic heterocycles. The van der Waals surface area contributed by atoms with Gasteiger partial charge in [-0.3, -0.25) is 4.79 Å². The molecule has 204 valence electrons. The Morgan fingerprint density at radius 2 is 1.83 bits per heavy atom. The summed E-state index contributed by atoms with van der Waals surface area (Å²) in [5.74, 6) is -3.52. The monoisotopic (exact) mass is 504 g/mol. The van der Waals surface area contributed by atoms with E-state index in [9.17, 15) is 18.7 Å². The number of aliphatic hydroxyl groups excluding tert-OH is 2. The first kappa shape index (κ1) is 30.1. The van der Waals surface area contributed by atoms with Gasteiger partial charge < -0.3 is 24.8 Å². The number of halogens is 2. The molecular weight excluding hydrogens is 458 g/mol. The number of carbonyl (C=O) groups is 1. The Morgan fingerprint density at radius 1 is 1.03 bits per heavy atom. The lowest BCUT2D eigenvalue weighted by molar-refractivity contribution is -0.196. The van der Waals surface area contributed by atoms with Crippen molar-refractivity contribution in [1.29, 1.82) is 0 Å². The van der Waals surface area contributed by atoms with Crippen LogP contribution in [0.3, 0.4) is 0 Å². The Bertz CT molecular complexity index is 608. The van der Waals surface area contributed by atoms with E-state index in [1.807, 2.05) is 0 Å². The summed E-state index contributed by atoms with van der Waals surface area (Å²) in [7, 11) is 0. The molecule has 2 aliphatic rings. The molecule has 0 spiro atoms. The standard InChI is InChI=1S/C27H46F2O6/c28-27(29,16-8-9-18-30)17-11-13-22-21(12-5-3-1-2-4-6-14-25(32)33)23(31)20-24(22)35-26-15-7-10-19-34-26/h3,5,21-24,26,30-31H,1-2,4,6-20H2,(H,32,33)/t21-,22-,23+,24-,26?/m1/s1. The van der Waals surface area contributed by atoms with E-state index < -0.39 is 18.0 Å². The van der Waals surface area contributed by atoms with Crippen molar-refractivity contribution in [3.8, 4) is 0 Å². The highest BCUT2D eigenvalue weighted by molar-refractivity contribution is 5.66. The van der Waals surface area contributed by atoms with Crippen LogP contribution in [0.2, 0.25) is 0 Å². The molecule has 0 aromatic carbocycles. The number of rotatable bonds is 18. The number of carboxylic acid groups (broad SMARTS) is 1. The number of allylic oxidation sites excluding steroid dienone is 2. The van der Waals surface area contributed by atoms with Crippen LogP contribution in [-0.4, -0.2) is 58.9 Å². The molecule has 8 heteroatoms. The molecule has 5 atom stereocenters. The quantitative estimate of drug-likeness (QED) is 0.160. The molecule has 1 saturated carbocycles. The van der Waals surface area contributed by atoms with E-state index in [0.717, 1.165) is 38.5 Å². The van der Waals surface area contributed by atoms with E-state index in [2.05, 4.69) is 12.2 Å². The minimum absolute atomic E-state index is 0.00369. The molecule has 1 aliphatic carbocycles. The molecule has 2 rings (SSSR count). The molecule has 1 heterocycles. The van der Waals surface area contributed by atoms with E-state index in [0.29, 0.717) is 51.6 Å². The zero-order valence-corrected chi connectivity index (χ0v) is 21.1. The van der Waals surface area contributed by atoms with Crippen molar-refractivity contribution in [1.82, 2.24) is 0 Å². The molecule has 0 bridgehead atoms. The highest BCUT2D eigenvalue weighted by atomic mass is 19.3. The SMILES string of the molecule is O=C(O)CCCCCC=CC[C@@H]1[C@@H](CCCC(F)(F)CCCCO)[C@H](OC2CCCCO2)C[C@@H]1O. The van der Waals surface area contributed by atoms with Gasteiger partial charge in [0.25, 0.3) is 0 Å². The van der Waals surface area contributed by atoms with Gasteiger partial charge in [-0.25, -0.2) is 8.78 Å². The van der Waals surface area contributed by atoms with Crippen LogP contribution in [0.1, 0.15) is 103 Å². The van der Waals surface area contributed by atoms with Gasteiger partial charge in [-0.15, -0.1) is 0 Å². The van der Waals surface area contributed by atoms with E-state index >= 15 is 0 Å². The minimum atomic E-state index is -2.73. The van der Waals surface area contributed by atoms with Crippen LogP contribution < -0.4 is 0 Å². The van der Waals surface area contributed by atoms with Crippen molar-refractivity contribution in [2.45, 2.75) is 127 Å². The lowest BCUT2D eigenvalue weighted by Crippen LogP contribution is -2.31. The minimum Gasteiger partial charge on any atom is -0.481 e. The fourth-order valence-electron chi connectivity index (χ4n) is 5.35. The summed E-state index contributed by atoms with van der Waals surface area (Å²) < 4.78 is 40.5. The maximum Gasteiger partial charge on any atom is 0.303 e. The number of aliphatic carboxylic acids is 1. The molecule has 1 unspecified atom stereocenters. The van der Waals surface area contributed by atoms with E-state index in [1.54, 1.807) is 0 Å². The Morgan fingerprint density at radius 3 is 2.54 bits per heavy atom. The molecule has 3 N–H and O–H groups in total. The smallest absolute Gasteiger partial charge is 0.303 e. The fraction of sp³-hybridized carbons (Fsp3) is 0.889. The zero-order valence-electron chi connectivity index (χ0n) is 21.1. The van der Waals surface area contributed by atoms with Crippen molar-refractivity contribution < 1.29 is 38.4 Å². The molecule has 2 fully saturated rings. The van der Waals surface area contributed by atoms with Crippen LogP contribution in [0.4, 0.5) is 8.78 Å². The molecule has 0 aromatic rings. The van der Waals surface area contributed by atoms with Crippen LogP contribution in [0.15, 0.2) is 12.2 Å². The van der Waals surface area contributed by atoms with Gasteiger partial charge in [-0.05, 0) is 82.5 Å². The highest BCUT2D eigenvalue weighted by Gasteiger charge is 2.43. The highest BCUT2D eigenvalue weighted by Crippen LogP contribution is 2.42. The second-order valence-corrected chi connectivity index (χ2v) is 10.2. The van der Waals surface area contributed by atoms with Gasteiger partial charge >= 0.3 is 5.97 Å². The van der Waals surface area contributed by atoms with Gasteiger partial charge in [-0.1, -0.05) is 18.6 Å². The molecule has 0 radical (unpaired) electrons. The third-order valence-corrected chi connectivity index (χ3v) is 7.33. The molecular formula is C27H46F2O6. The van der Waals surface area contributed by atoms with Crippen molar-refractivity contribution in [3.63, 3.8) is 0 Å². The number of carboxylic acids is 1. The normalized spacial score (nSPS) is 27.6. The van der Waals surface area contributed by atoms with Crippen molar-refractivity contribution in [3.05, 3.63) is 12.2 Å². The third kappa shape index (κ3) is 12.1. The lowest BCUT2D eigenvalue weighted by Gasteiger charge is -2.30. The fourth-order valence-corrected chi connectivity index (χ4v) is 5.35. The van der Waals surface area contributed by atoms with Crippen LogP contribution in [0.25, 0.3) is 0 Å². The van der Waals surface area contributed by atoms with Crippen molar-refractivity contribution in [2.75, 3.05) is 13.2 Å². The van der Waals surface area contributed by atoms with Gasteiger partial charge in [0.15, 0.2) is 6.29 Å². The van der Waals surface area contributed by atoms with Crippen molar-refractivity contribution >= 4 is 5.97 Å². The Kier molecular flexibility index (Phi) is 14.3. The number of unbranched alkanes of at least 4 members (excludes halogenated alkanes) is 4. The molecule has 35 heavy (non-hydrogen) atoms. The average Bonchev–Trinajstić information content (AvgIpc) is 3.10. The van der Waals surface area contributed by atoms with Gasteiger partial charge in [0.1, 0.15) is 0 Å². The molecule has 1 saturated heterocycles. The summed E-state index contributed by atoms with van der Waals surface area (Å²) in [5, 5.41) is 28.3. The van der Waals surface area contributed by atoms with Gasteiger partial charge in [0.2, 0.25) is 5.92 Å². The van der Waals surface area contributed by atoms with Gasteiger partial charge in [0, 0.05) is 38.9 Å². The summed E-state index contributed by atoms with van der Waals surface area (Å²) in [6, 6.07) is 0. The first-order valence-electron chi connectivity index (χ1n) is 13.6. The number of hydrogen-bond acceptors (Lipinski definition) is 5. The molecule has 0 amide bonds. The number of ether oxygens (including phenoxy) is 2. The van der Waals surface area contributed by atoms with E-state index in [-0.39, 0.29) is 50.1 Å². The summed E-state index contributed by atoms with van der Waals surface area (Å²) >= 11 is 0. The lowest BCUT2D eigenvalue weighted by atomic mass is 9.85. The summed E-state index contributed by atoms with van der Waals surface area (Å²) in [6.07, 6.45) is 12.1. The number of aliphatic hydroxyl groups is 2. The zero-order chi connectivity index (χ0) is 25.5. The van der Waals surface area contributed by atoms with Crippen LogP contribution in [0.5, 0.6) is 0 Å². The predicted octanol–water partition coefficient (Wildman–Crippen LogP) is 5.84. The Hall–Kier alpha value is -1.09. The van der Waals surface area contributed by atoms with Crippen LogP contribution in [0, 0.1) is 11.8 Å². The topological polar surface area (TPSA) is 96.2 Å². The maximum absolute atomic E-state index is 14.3. The van der Waals surface area contributed by atoms with Crippen LogP contribution >= 0.6 is 0 Å². The largest absolute Gasteiger partial charge is 0.481 e. The molecule has 0 aromatic heterocycles. The van der Waals surface area contributed by atoms with Gasteiger partial charge in [-0.2, -0.15) is 0 Å². The second-order valence-electron chi connectivity index (χ2n) is 10.2. The first-order chi connectivity index (χ1) is 16.8. The van der Waals surface area contributed by atoms with E-state index in [1.165, 1.54) is 0 Å². The summed E-state index contributed by atoms with van der Waals surface area (Å²) in [5.41, 5.74) is 0. The number of alkyl halides is 2. The predicted molar refractivity (Wildman–Crippen MR) is 130 cm³/mol.